The lowest BCUT2D eigenvalue weighted by molar-refractivity contribution is -0.120. The second-order valence-corrected chi connectivity index (χ2v) is 7.28. The van der Waals surface area contributed by atoms with Gasteiger partial charge in [0.15, 0.2) is 0 Å². The molecular weight excluding hydrogens is 336 g/mol. The Morgan fingerprint density at radius 3 is 2.37 bits per heavy atom. The first-order valence-corrected chi connectivity index (χ1v) is 9.29. The van der Waals surface area contributed by atoms with Crippen LogP contribution in [-0.2, 0) is 11.3 Å². The van der Waals surface area contributed by atoms with E-state index in [-0.39, 0.29) is 11.9 Å². The van der Waals surface area contributed by atoms with E-state index in [2.05, 4.69) is 38.1 Å². The number of fused-ring (bicyclic) bond motifs is 1. The number of nitrogens with zero attached hydrogens (tertiary/aromatic N) is 2. The fraction of sp³-hybridized carbons (Fsp3) is 0.261. The van der Waals surface area contributed by atoms with Crippen molar-refractivity contribution in [3.05, 3.63) is 83.7 Å². The van der Waals surface area contributed by atoms with Gasteiger partial charge in [-0.3, -0.25) is 4.79 Å². The van der Waals surface area contributed by atoms with Crippen molar-refractivity contribution in [1.82, 2.24) is 4.57 Å². The minimum absolute atomic E-state index is 0.0855. The van der Waals surface area contributed by atoms with Crippen LogP contribution < -0.4 is 9.64 Å². The van der Waals surface area contributed by atoms with Crippen LogP contribution in [-0.4, -0.2) is 17.6 Å². The summed E-state index contributed by atoms with van der Waals surface area (Å²) in [5, 5.41) is 0. The Hall–Kier alpha value is -3.01. The van der Waals surface area contributed by atoms with Gasteiger partial charge in [-0.25, -0.2) is 0 Å². The summed E-state index contributed by atoms with van der Waals surface area (Å²) < 4.78 is 7.35. The SMILES string of the molecule is COc1ccc2c(c1)C(n1cccc1)C(=O)N2Cc1ccc(C(C)C)cc1. The van der Waals surface area contributed by atoms with Crippen LogP contribution >= 0.6 is 0 Å². The summed E-state index contributed by atoms with van der Waals surface area (Å²) >= 11 is 0. The number of methoxy groups -OCH3 is 1. The molecule has 2 aromatic carbocycles. The fourth-order valence-corrected chi connectivity index (χ4v) is 3.69. The van der Waals surface area contributed by atoms with E-state index in [1.54, 1.807) is 7.11 Å². The van der Waals surface area contributed by atoms with Crippen molar-refractivity contribution < 1.29 is 9.53 Å². The Morgan fingerprint density at radius 1 is 1.04 bits per heavy atom. The molecule has 0 spiro atoms. The zero-order valence-electron chi connectivity index (χ0n) is 15.9. The second-order valence-electron chi connectivity index (χ2n) is 7.28. The Labute approximate surface area is 160 Å². The van der Waals surface area contributed by atoms with Gasteiger partial charge in [0.2, 0.25) is 0 Å². The molecule has 1 aliphatic heterocycles. The van der Waals surface area contributed by atoms with Crippen LogP contribution in [0.3, 0.4) is 0 Å². The summed E-state index contributed by atoms with van der Waals surface area (Å²) in [4.78, 5) is 15.2. The molecule has 4 rings (SSSR count). The lowest BCUT2D eigenvalue weighted by atomic mass is 10.0. The van der Waals surface area contributed by atoms with Gasteiger partial charge < -0.3 is 14.2 Å². The number of carbonyl (C=O) groups is 1. The number of hydrogen-bond acceptors (Lipinski definition) is 2. The minimum atomic E-state index is -0.347. The van der Waals surface area contributed by atoms with Gasteiger partial charge >= 0.3 is 0 Å². The van der Waals surface area contributed by atoms with Crippen molar-refractivity contribution in [2.75, 3.05) is 12.0 Å². The van der Waals surface area contributed by atoms with Gasteiger partial charge in [0.1, 0.15) is 11.8 Å². The fourth-order valence-electron chi connectivity index (χ4n) is 3.69. The van der Waals surface area contributed by atoms with Crippen molar-refractivity contribution >= 4 is 11.6 Å². The Morgan fingerprint density at radius 2 is 1.74 bits per heavy atom. The number of anilines is 1. The van der Waals surface area contributed by atoms with Gasteiger partial charge in [-0.2, -0.15) is 0 Å². The third-order valence-corrected chi connectivity index (χ3v) is 5.23. The summed E-state index contributed by atoms with van der Waals surface area (Å²) in [6.07, 6.45) is 3.87. The Bertz CT molecular complexity index is 943. The van der Waals surface area contributed by atoms with Gasteiger partial charge in [0.05, 0.1) is 19.3 Å². The molecule has 1 aliphatic rings. The van der Waals surface area contributed by atoms with E-state index in [0.29, 0.717) is 12.5 Å². The Balaban J connectivity index is 1.70. The first kappa shape index (κ1) is 17.4. The van der Waals surface area contributed by atoms with Crippen molar-refractivity contribution in [1.29, 1.82) is 0 Å². The average Bonchev–Trinajstić information content (AvgIpc) is 3.28. The Kier molecular flexibility index (Phi) is 4.48. The molecular formula is C23H24N2O2. The molecule has 2 heterocycles. The normalized spacial score (nSPS) is 16.1. The van der Waals surface area contributed by atoms with Crippen molar-refractivity contribution in [2.24, 2.45) is 0 Å². The zero-order chi connectivity index (χ0) is 19.0. The van der Waals surface area contributed by atoms with E-state index in [1.807, 2.05) is 52.2 Å². The highest BCUT2D eigenvalue weighted by molar-refractivity contribution is 6.05. The molecule has 0 bridgehead atoms. The molecule has 0 N–H and O–H groups in total. The van der Waals surface area contributed by atoms with Gasteiger partial charge in [-0.15, -0.1) is 0 Å². The molecule has 138 valence electrons. The molecule has 0 radical (unpaired) electrons. The van der Waals surface area contributed by atoms with Gasteiger partial charge in [0.25, 0.3) is 5.91 Å². The smallest absolute Gasteiger partial charge is 0.255 e. The van der Waals surface area contributed by atoms with E-state index in [4.69, 9.17) is 4.74 Å². The number of carbonyl (C=O) groups excluding carboxylic acids is 1. The topological polar surface area (TPSA) is 34.5 Å². The van der Waals surface area contributed by atoms with Gasteiger partial charge in [-0.05, 0) is 47.4 Å². The van der Waals surface area contributed by atoms with Gasteiger partial charge in [-0.1, -0.05) is 38.1 Å². The summed E-state index contributed by atoms with van der Waals surface area (Å²) in [7, 11) is 1.65. The molecule has 4 heteroatoms. The molecule has 1 unspecified atom stereocenters. The predicted molar refractivity (Wildman–Crippen MR) is 107 cm³/mol. The zero-order valence-corrected chi connectivity index (χ0v) is 15.9. The van der Waals surface area contributed by atoms with Crippen molar-refractivity contribution in [3.8, 4) is 5.75 Å². The largest absolute Gasteiger partial charge is 0.497 e. The predicted octanol–water partition coefficient (Wildman–Crippen LogP) is 4.76. The first-order valence-electron chi connectivity index (χ1n) is 9.29. The number of benzene rings is 2. The van der Waals surface area contributed by atoms with Crippen LogP contribution in [0.1, 0.15) is 42.5 Å². The number of ether oxygens (including phenoxy) is 1. The van der Waals surface area contributed by atoms with Crippen LogP contribution in [0.25, 0.3) is 0 Å². The number of rotatable bonds is 5. The highest BCUT2D eigenvalue weighted by Crippen LogP contribution is 2.41. The highest BCUT2D eigenvalue weighted by atomic mass is 16.5. The first-order chi connectivity index (χ1) is 13.1. The molecule has 3 aromatic rings. The number of amides is 1. The van der Waals surface area contributed by atoms with Crippen LogP contribution in [0.5, 0.6) is 5.75 Å². The van der Waals surface area contributed by atoms with E-state index in [0.717, 1.165) is 22.6 Å². The monoisotopic (exact) mass is 360 g/mol. The molecule has 1 aromatic heterocycles. The third-order valence-electron chi connectivity index (χ3n) is 5.23. The summed E-state index contributed by atoms with van der Waals surface area (Å²) in [6, 6.07) is 18.0. The molecule has 4 nitrogen and oxygen atoms in total. The van der Waals surface area contributed by atoms with Crippen molar-refractivity contribution in [3.63, 3.8) is 0 Å². The van der Waals surface area contributed by atoms with Gasteiger partial charge in [0, 0.05) is 18.0 Å². The summed E-state index contributed by atoms with van der Waals surface area (Å²) in [5.41, 5.74) is 4.37. The number of hydrogen-bond donors (Lipinski definition) is 0. The minimum Gasteiger partial charge on any atom is -0.497 e. The molecule has 0 saturated heterocycles. The molecule has 27 heavy (non-hydrogen) atoms. The maximum Gasteiger partial charge on any atom is 0.255 e. The lowest BCUT2D eigenvalue weighted by Gasteiger charge is -2.19. The van der Waals surface area contributed by atoms with Crippen molar-refractivity contribution in [2.45, 2.75) is 32.4 Å². The molecule has 0 saturated carbocycles. The third kappa shape index (κ3) is 3.12. The molecule has 0 fully saturated rings. The average molecular weight is 360 g/mol. The summed E-state index contributed by atoms with van der Waals surface area (Å²) in [6.45, 7) is 4.93. The second kappa shape index (κ2) is 6.95. The van der Waals surface area contributed by atoms with E-state index >= 15 is 0 Å². The quantitative estimate of drug-likeness (QED) is 0.658. The number of aromatic nitrogens is 1. The van der Waals surface area contributed by atoms with Crippen LogP contribution in [0.4, 0.5) is 5.69 Å². The summed E-state index contributed by atoms with van der Waals surface area (Å²) in [5.74, 6) is 1.35. The van der Waals surface area contributed by atoms with Crippen LogP contribution in [0.15, 0.2) is 67.0 Å². The highest BCUT2D eigenvalue weighted by Gasteiger charge is 2.38. The van der Waals surface area contributed by atoms with Crippen LogP contribution in [0.2, 0.25) is 0 Å². The van der Waals surface area contributed by atoms with E-state index < -0.39 is 0 Å². The van der Waals surface area contributed by atoms with Crippen LogP contribution in [0, 0.1) is 0 Å². The molecule has 1 amide bonds. The maximum absolute atomic E-state index is 13.3. The standard InChI is InChI=1S/C23H24N2O2/c1-16(2)18-8-6-17(7-9-18)15-25-21-11-10-19(27-3)14-20(21)22(23(25)26)24-12-4-5-13-24/h4-14,16,22H,15H2,1-3H3. The lowest BCUT2D eigenvalue weighted by Crippen LogP contribution is -2.30. The molecule has 0 aliphatic carbocycles. The maximum atomic E-state index is 13.3. The van der Waals surface area contributed by atoms with E-state index in [1.165, 1.54) is 5.56 Å². The van der Waals surface area contributed by atoms with E-state index in [9.17, 15) is 4.79 Å². The molecule has 1 atom stereocenters.